The van der Waals surface area contributed by atoms with Crippen molar-refractivity contribution in [1.82, 2.24) is 0 Å². The number of hydrogen-bond acceptors (Lipinski definition) is 4. The molecule has 2 fully saturated rings. The van der Waals surface area contributed by atoms with Gasteiger partial charge in [0.15, 0.2) is 0 Å². The Bertz CT molecular complexity index is 391. The summed E-state index contributed by atoms with van der Waals surface area (Å²) in [5.74, 6) is -1.13. The van der Waals surface area contributed by atoms with Gasteiger partial charge in [-0.1, -0.05) is 53.4 Å². The van der Waals surface area contributed by atoms with Gasteiger partial charge in [0.2, 0.25) is 0 Å². The molecule has 0 aromatic rings. The monoisotopic (exact) mass is 402 g/mol. The van der Waals surface area contributed by atoms with Crippen LogP contribution in [0.15, 0.2) is 0 Å². The van der Waals surface area contributed by atoms with E-state index in [0.717, 1.165) is 25.7 Å². The van der Waals surface area contributed by atoms with Gasteiger partial charge in [0.1, 0.15) is 0 Å². The molecule has 0 aromatic heterocycles. The first-order valence-electron chi connectivity index (χ1n) is 9.44. The number of rotatable bonds is 4. The molecule has 2 rings (SSSR count). The summed E-state index contributed by atoms with van der Waals surface area (Å²) in [5, 5.41) is 20.9. The molecule has 0 N–H and O–H groups in total. The largest absolute Gasteiger partial charge is 2.00 e. The van der Waals surface area contributed by atoms with Gasteiger partial charge >= 0.3 is 19.5 Å². The van der Waals surface area contributed by atoms with Crippen LogP contribution in [0.25, 0.3) is 0 Å². The van der Waals surface area contributed by atoms with Crippen LogP contribution in [0.4, 0.5) is 0 Å². The Kier molecular flexibility index (Phi) is 10.5. The van der Waals surface area contributed by atoms with E-state index >= 15 is 0 Å². The molecule has 4 nitrogen and oxygen atoms in total. The van der Waals surface area contributed by atoms with Gasteiger partial charge in [-0.05, 0) is 61.2 Å². The van der Waals surface area contributed by atoms with Crippen molar-refractivity contribution in [3.05, 3.63) is 0 Å². The number of aliphatic carboxylic acids is 2. The van der Waals surface area contributed by atoms with Crippen molar-refractivity contribution >= 4 is 11.9 Å². The zero-order chi connectivity index (χ0) is 18.4. The van der Waals surface area contributed by atoms with Gasteiger partial charge in [0.25, 0.3) is 0 Å². The zero-order valence-corrected chi connectivity index (χ0v) is 19.5. The maximum atomic E-state index is 10.4. The number of carboxylic acid groups (broad SMARTS) is 2. The maximum absolute atomic E-state index is 10.4. The van der Waals surface area contributed by atoms with Crippen molar-refractivity contribution in [2.24, 2.45) is 22.7 Å². The molecular weight excluding hydrogens is 370 g/mol. The van der Waals surface area contributed by atoms with Crippen molar-refractivity contribution in [3.63, 3.8) is 0 Å². The third-order valence-corrected chi connectivity index (χ3v) is 6.28. The quantitative estimate of drug-likeness (QED) is 0.676. The summed E-state index contributed by atoms with van der Waals surface area (Å²) in [6.45, 7) is 8.67. The SMILES string of the molecule is CC1(C)CCCCC1CC(=O)[O-].CC1(C)CCCCC1CC(=O)[O-].[Zn+2]. The summed E-state index contributed by atoms with van der Waals surface area (Å²) in [6.07, 6.45) is 9.77. The third kappa shape index (κ3) is 8.66. The molecule has 5 heteroatoms. The smallest absolute Gasteiger partial charge is 0.550 e. The van der Waals surface area contributed by atoms with E-state index < -0.39 is 11.9 Å². The second-order valence-electron chi connectivity index (χ2n) is 9.01. The summed E-state index contributed by atoms with van der Waals surface area (Å²) >= 11 is 0. The summed E-state index contributed by atoms with van der Waals surface area (Å²) < 4.78 is 0. The van der Waals surface area contributed by atoms with E-state index in [0.29, 0.717) is 11.8 Å². The molecule has 2 aliphatic rings. The van der Waals surface area contributed by atoms with Gasteiger partial charge in [-0.15, -0.1) is 0 Å². The summed E-state index contributed by atoms with van der Waals surface area (Å²) in [6, 6.07) is 0. The number of carbonyl (C=O) groups excluding carboxylic acids is 2. The molecule has 0 radical (unpaired) electrons. The fraction of sp³-hybridized carbons (Fsp3) is 0.900. The Morgan fingerprint density at radius 1 is 0.760 bits per heavy atom. The van der Waals surface area contributed by atoms with Crippen LogP contribution in [0.5, 0.6) is 0 Å². The van der Waals surface area contributed by atoms with Crippen molar-refractivity contribution in [2.45, 2.75) is 91.9 Å². The molecule has 0 heterocycles. The molecule has 25 heavy (non-hydrogen) atoms. The van der Waals surface area contributed by atoms with Crippen LogP contribution in [0, 0.1) is 22.7 Å². The zero-order valence-electron chi connectivity index (χ0n) is 16.6. The minimum atomic E-state index is -0.894. The van der Waals surface area contributed by atoms with Crippen LogP contribution in [-0.2, 0) is 29.1 Å². The normalized spacial score (nSPS) is 27.2. The summed E-state index contributed by atoms with van der Waals surface area (Å²) in [5.41, 5.74) is 0.413. The predicted molar refractivity (Wildman–Crippen MR) is 90.7 cm³/mol. The Morgan fingerprint density at radius 2 is 1.08 bits per heavy atom. The standard InChI is InChI=1S/2C10H18O2.Zn/c2*1-10(2)6-4-3-5-8(10)7-9(11)12;/h2*8H,3-7H2,1-2H3,(H,11,12);/q;;+2/p-2. The molecule has 2 unspecified atom stereocenters. The minimum Gasteiger partial charge on any atom is -0.550 e. The van der Waals surface area contributed by atoms with Crippen LogP contribution >= 0.6 is 0 Å². The van der Waals surface area contributed by atoms with Gasteiger partial charge in [-0.25, -0.2) is 0 Å². The molecule has 140 valence electrons. The maximum Gasteiger partial charge on any atom is 2.00 e. The Hall–Kier alpha value is -0.437. The van der Waals surface area contributed by atoms with Gasteiger partial charge in [0.05, 0.1) is 0 Å². The first-order chi connectivity index (χ1) is 11.0. The van der Waals surface area contributed by atoms with E-state index in [1.165, 1.54) is 25.7 Å². The molecule has 2 atom stereocenters. The van der Waals surface area contributed by atoms with Crippen LogP contribution < -0.4 is 10.2 Å². The molecular formula is C20H34O4Zn. The fourth-order valence-electron chi connectivity index (χ4n) is 4.29. The van der Waals surface area contributed by atoms with E-state index in [2.05, 4.69) is 27.7 Å². The molecule has 0 aliphatic heterocycles. The fourth-order valence-corrected chi connectivity index (χ4v) is 4.29. The van der Waals surface area contributed by atoms with Gasteiger partial charge in [-0.3, -0.25) is 0 Å². The average Bonchev–Trinajstić information content (AvgIpc) is 2.43. The molecule has 2 aliphatic carbocycles. The van der Waals surface area contributed by atoms with Crippen molar-refractivity contribution in [3.8, 4) is 0 Å². The summed E-state index contributed by atoms with van der Waals surface area (Å²) in [7, 11) is 0. The van der Waals surface area contributed by atoms with Crippen LogP contribution in [0.3, 0.4) is 0 Å². The van der Waals surface area contributed by atoms with Gasteiger partial charge in [-0.2, -0.15) is 0 Å². The predicted octanol–water partition coefficient (Wildman–Crippen LogP) is 2.68. The van der Waals surface area contributed by atoms with E-state index in [4.69, 9.17) is 0 Å². The molecule has 0 bridgehead atoms. The van der Waals surface area contributed by atoms with E-state index in [-0.39, 0.29) is 43.1 Å². The minimum absolute atomic E-state index is 0. The van der Waals surface area contributed by atoms with Crippen molar-refractivity contribution in [2.75, 3.05) is 0 Å². The second kappa shape index (κ2) is 10.6. The molecule has 2 saturated carbocycles. The Balaban J connectivity index is 0.000000443. The third-order valence-electron chi connectivity index (χ3n) is 6.28. The van der Waals surface area contributed by atoms with E-state index in [1.54, 1.807) is 0 Å². The first kappa shape index (κ1) is 24.6. The van der Waals surface area contributed by atoms with Crippen LogP contribution in [0.2, 0.25) is 0 Å². The molecule has 0 spiro atoms. The number of hydrogen-bond donors (Lipinski definition) is 0. The molecule has 0 saturated heterocycles. The Morgan fingerprint density at radius 3 is 1.32 bits per heavy atom. The Labute approximate surface area is 165 Å². The average molecular weight is 404 g/mol. The van der Waals surface area contributed by atoms with Crippen LogP contribution in [0.1, 0.15) is 91.9 Å². The molecule has 0 aromatic carbocycles. The molecule has 0 amide bonds. The van der Waals surface area contributed by atoms with Crippen LogP contribution in [-0.4, -0.2) is 11.9 Å². The number of carboxylic acids is 2. The van der Waals surface area contributed by atoms with E-state index in [1.807, 2.05) is 0 Å². The first-order valence-corrected chi connectivity index (χ1v) is 9.44. The van der Waals surface area contributed by atoms with Gasteiger partial charge in [0, 0.05) is 11.9 Å². The van der Waals surface area contributed by atoms with E-state index in [9.17, 15) is 19.8 Å². The topological polar surface area (TPSA) is 80.3 Å². The number of carbonyl (C=O) groups is 2. The van der Waals surface area contributed by atoms with Crippen molar-refractivity contribution in [1.29, 1.82) is 0 Å². The summed E-state index contributed by atoms with van der Waals surface area (Å²) in [4.78, 5) is 20.9. The van der Waals surface area contributed by atoms with Gasteiger partial charge < -0.3 is 19.8 Å². The second-order valence-corrected chi connectivity index (χ2v) is 9.01. The van der Waals surface area contributed by atoms with Crippen molar-refractivity contribution < 1.29 is 39.3 Å².